The second kappa shape index (κ2) is 11.1. The molecular weight excluding hydrogens is 370 g/mol. The summed E-state index contributed by atoms with van der Waals surface area (Å²) >= 11 is 0. The van der Waals surface area contributed by atoms with Crippen molar-refractivity contribution in [1.82, 2.24) is 5.32 Å². The largest absolute Gasteiger partial charge is 0.452 e. The Bertz CT molecular complexity index is 815. The zero-order chi connectivity index (χ0) is 21.2. The lowest BCUT2D eigenvalue weighted by Gasteiger charge is -2.16. The fraction of sp³-hybridized carbons (Fsp3) is 0.348. The first kappa shape index (κ1) is 22.3. The van der Waals surface area contributed by atoms with Gasteiger partial charge >= 0.3 is 5.97 Å². The van der Waals surface area contributed by atoms with Crippen LogP contribution in [0.4, 0.5) is 0 Å². The Labute approximate surface area is 171 Å². The van der Waals surface area contributed by atoms with Gasteiger partial charge in [0.2, 0.25) is 0 Å². The molecule has 2 rings (SSSR count). The molecule has 154 valence electrons. The van der Waals surface area contributed by atoms with E-state index in [0.29, 0.717) is 18.6 Å². The lowest BCUT2D eigenvalue weighted by atomic mass is 10.0. The number of hydrogen-bond acceptors (Lipinski definition) is 5. The zero-order valence-electron chi connectivity index (χ0n) is 17.0. The van der Waals surface area contributed by atoms with Gasteiger partial charge in [0.1, 0.15) is 0 Å². The van der Waals surface area contributed by atoms with Crippen molar-refractivity contribution in [1.29, 1.82) is 0 Å². The second-order valence-electron chi connectivity index (χ2n) is 7.05. The normalized spacial score (nSPS) is 11.7. The van der Waals surface area contributed by atoms with E-state index in [0.717, 1.165) is 11.1 Å². The molecule has 0 aliphatic rings. The monoisotopic (exact) mass is 397 g/mol. The van der Waals surface area contributed by atoms with Crippen molar-refractivity contribution in [3.8, 4) is 0 Å². The van der Waals surface area contributed by atoms with Crippen molar-refractivity contribution in [3.63, 3.8) is 0 Å². The molecule has 1 N–H and O–H groups in total. The molecule has 0 spiro atoms. The molecule has 2 aromatic rings. The van der Waals surface area contributed by atoms with Gasteiger partial charge in [-0.25, -0.2) is 4.79 Å². The van der Waals surface area contributed by atoms with Crippen LogP contribution < -0.4 is 5.32 Å². The predicted molar refractivity (Wildman–Crippen MR) is 109 cm³/mol. The fourth-order valence-electron chi connectivity index (χ4n) is 2.60. The smallest absolute Gasteiger partial charge is 0.338 e. The number of benzene rings is 2. The van der Waals surface area contributed by atoms with Gasteiger partial charge in [-0.15, -0.1) is 0 Å². The van der Waals surface area contributed by atoms with Crippen LogP contribution in [0.5, 0.6) is 0 Å². The summed E-state index contributed by atoms with van der Waals surface area (Å²) in [5.41, 5.74) is 2.23. The molecule has 0 aromatic heterocycles. The SMILES string of the molecule is CC(=O)[C@@H](Cc1ccccc1)NC(=O)COC(=O)c1ccc(COC(C)C)cc1. The van der Waals surface area contributed by atoms with E-state index in [1.165, 1.54) is 6.92 Å². The molecule has 0 heterocycles. The molecule has 0 aliphatic heterocycles. The first-order chi connectivity index (χ1) is 13.8. The molecule has 0 bridgehead atoms. The summed E-state index contributed by atoms with van der Waals surface area (Å²) in [5, 5.41) is 2.63. The Hall–Kier alpha value is -2.99. The van der Waals surface area contributed by atoms with Gasteiger partial charge in [0.25, 0.3) is 5.91 Å². The van der Waals surface area contributed by atoms with Crippen molar-refractivity contribution in [2.24, 2.45) is 0 Å². The van der Waals surface area contributed by atoms with Crippen LogP contribution in [0.2, 0.25) is 0 Å². The summed E-state index contributed by atoms with van der Waals surface area (Å²) in [5.74, 6) is -1.27. The molecule has 2 aromatic carbocycles. The number of Topliss-reactive ketones (excluding diaryl/α,β-unsaturated/α-hetero) is 1. The van der Waals surface area contributed by atoms with E-state index in [1.54, 1.807) is 24.3 Å². The molecule has 0 aliphatic carbocycles. The summed E-state index contributed by atoms with van der Waals surface area (Å²) in [4.78, 5) is 36.1. The third-order valence-corrected chi connectivity index (χ3v) is 4.22. The van der Waals surface area contributed by atoms with E-state index in [-0.39, 0.29) is 11.9 Å². The van der Waals surface area contributed by atoms with Gasteiger partial charge in [0.05, 0.1) is 24.3 Å². The Morgan fingerprint density at radius 1 is 0.931 bits per heavy atom. The summed E-state index contributed by atoms with van der Waals surface area (Å²) in [6, 6.07) is 15.6. The van der Waals surface area contributed by atoms with Crippen LogP contribution in [0.1, 0.15) is 42.3 Å². The van der Waals surface area contributed by atoms with Gasteiger partial charge in [0, 0.05) is 0 Å². The number of ketones is 1. The third-order valence-electron chi connectivity index (χ3n) is 4.22. The standard InChI is InChI=1S/C23H27NO5/c1-16(2)28-14-19-9-11-20(12-10-19)23(27)29-15-22(26)24-21(17(3)25)13-18-7-5-4-6-8-18/h4-12,16,21H,13-15H2,1-3H3,(H,24,26)/t21-/m1/s1. The van der Waals surface area contributed by atoms with E-state index in [9.17, 15) is 14.4 Å². The summed E-state index contributed by atoms with van der Waals surface area (Å²) in [7, 11) is 0. The Morgan fingerprint density at radius 3 is 2.17 bits per heavy atom. The average Bonchev–Trinajstić information content (AvgIpc) is 2.71. The first-order valence-electron chi connectivity index (χ1n) is 9.56. The zero-order valence-corrected chi connectivity index (χ0v) is 17.0. The molecule has 1 amide bonds. The van der Waals surface area contributed by atoms with Crippen LogP contribution in [-0.2, 0) is 32.1 Å². The van der Waals surface area contributed by atoms with Crippen LogP contribution in [0.3, 0.4) is 0 Å². The van der Waals surface area contributed by atoms with Crippen molar-refractivity contribution in [2.45, 2.75) is 45.9 Å². The fourth-order valence-corrected chi connectivity index (χ4v) is 2.60. The molecule has 0 unspecified atom stereocenters. The maximum atomic E-state index is 12.1. The van der Waals surface area contributed by atoms with Gasteiger partial charge in [0.15, 0.2) is 12.4 Å². The molecule has 6 nitrogen and oxygen atoms in total. The number of ether oxygens (including phenoxy) is 2. The highest BCUT2D eigenvalue weighted by Crippen LogP contribution is 2.09. The van der Waals surface area contributed by atoms with Crippen molar-refractivity contribution in [2.75, 3.05) is 6.61 Å². The number of nitrogens with one attached hydrogen (secondary N) is 1. The van der Waals surface area contributed by atoms with E-state index >= 15 is 0 Å². The number of carbonyl (C=O) groups is 3. The van der Waals surface area contributed by atoms with E-state index in [1.807, 2.05) is 44.2 Å². The lowest BCUT2D eigenvalue weighted by molar-refractivity contribution is -0.128. The van der Waals surface area contributed by atoms with Crippen LogP contribution >= 0.6 is 0 Å². The number of rotatable bonds is 10. The van der Waals surface area contributed by atoms with Crippen LogP contribution in [0.25, 0.3) is 0 Å². The molecular formula is C23H27NO5. The number of amides is 1. The van der Waals surface area contributed by atoms with E-state index < -0.39 is 24.5 Å². The highest BCUT2D eigenvalue weighted by Gasteiger charge is 2.19. The van der Waals surface area contributed by atoms with Gasteiger partial charge in [-0.05, 0) is 50.5 Å². The summed E-state index contributed by atoms with van der Waals surface area (Å²) in [6.07, 6.45) is 0.509. The Kier molecular flexibility index (Phi) is 8.55. The quantitative estimate of drug-likeness (QED) is 0.623. The maximum absolute atomic E-state index is 12.1. The topological polar surface area (TPSA) is 81.7 Å². The minimum Gasteiger partial charge on any atom is -0.452 e. The van der Waals surface area contributed by atoms with Crippen molar-refractivity contribution >= 4 is 17.7 Å². The van der Waals surface area contributed by atoms with Crippen LogP contribution in [0, 0.1) is 0 Å². The van der Waals surface area contributed by atoms with Gasteiger partial charge in [-0.1, -0.05) is 42.5 Å². The second-order valence-corrected chi connectivity index (χ2v) is 7.05. The third kappa shape index (κ3) is 7.87. The summed E-state index contributed by atoms with van der Waals surface area (Å²) < 4.78 is 10.6. The van der Waals surface area contributed by atoms with Gasteiger partial charge < -0.3 is 14.8 Å². The highest BCUT2D eigenvalue weighted by atomic mass is 16.5. The van der Waals surface area contributed by atoms with Gasteiger partial charge in [-0.3, -0.25) is 9.59 Å². The highest BCUT2D eigenvalue weighted by molar-refractivity contribution is 5.92. The molecule has 0 radical (unpaired) electrons. The van der Waals surface area contributed by atoms with E-state index in [2.05, 4.69) is 5.32 Å². The van der Waals surface area contributed by atoms with Crippen molar-refractivity contribution < 1.29 is 23.9 Å². The molecule has 0 saturated heterocycles. The molecule has 0 fully saturated rings. The molecule has 6 heteroatoms. The Balaban J connectivity index is 1.83. The van der Waals surface area contributed by atoms with Crippen molar-refractivity contribution in [3.05, 3.63) is 71.3 Å². The number of esters is 1. The molecule has 29 heavy (non-hydrogen) atoms. The van der Waals surface area contributed by atoms with Crippen LogP contribution in [-0.4, -0.2) is 36.4 Å². The molecule has 1 atom stereocenters. The van der Waals surface area contributed by atoms with Crippen LogP contribution in [0.15, 0.2) is 54.6 Å². The lowest BCUT2D eigenvalue weighted by Crippen LogP contribution is -2.43. The Morgan fingerprint density at radius 2 is 1.59 bits per heavy atom. The number of hydrogen-bond donors (Lipinski definition) is 1. The maximum Gasteiger partial charge on any atom is 0.338 e. The minimum absolute atomic E-state index is 0.124. The summed E-state index contributed by atoms with van der Waals surface area (Å²) in [6.45, 7) is 5.34. The predicted octanol–water partition coefficient (Wildman–Crippen LogP) is 3.08. The molecule has 0 saturated carbocycles. The first-order valence-corrected chi connectivity index (χ1v) is 9.56. The van der Waals surface area contributed by atoms with E-state index in [4.69, 9.17) is 9.47 Å². The number of carbonyl (C=O) groups excluding carboxylic acids is 3. The minimum atomic E-state index is -0.663. The van der Waals surface area contributed by atoms with Gasteiger partial charge in [-0.2, -0.15) is 0 Å². The average molecular weight is 397 g/mol.